The lowest BCUT2D eigenvalue weighted by Gasteiger charge is -2.30. The van der Waals surface area contributed by atoms with Crippen molar-refractivity contribution < 1.29 is 9.53 Å². The predicted octanol–water partition coefficient (Wildman–Crippen LogP) is 0.233. The molecule has 5 nitrogen and oxygen atoms in total. The van der Waals surface area contributed by atoms with Gasteiger partial charge in [-0.15, -0.1) is 0 Å². The summed E-state index contributed by atoms with van der Waals surface area (Å²) >= 11 is 4.90. The Bertz CT molecular complexity index is 328. The van der Waals surface area contributed by atoms with E-state index < -0.39 is 0 Å². The molecule has 1 saturated carbocycles. The zero-order valence-electron chi connectivity index (χ0n) is 11.3. The van der Waals surface area contributed by atoms with Crippen LogP contribution in [0, 0.1) is 5.92 Å². The summed E-state index contributed by atoms with van der Waals surface area (Å²) in [6.07, 6.45) is 2.71. The van der Waals surface area contributed by atoms with Crippen LogP contribution in [0.2, 0.25) is 0 Å². The fourth-order valence-electron chi connectivity index (χ4n) is 2.25. The van der Waals surface area contributed by atoms with E-state index in [1.807, 2.05) is 4.90 Å². The van der Waals surface area contributed by atoms with Gasteiger partial charge in [-0.05, 0) is 12.8 Å². The highest BCUT2D eigenvalue weighted by molar-refractivity contribution is 7.80. The summed E-state index contributed by atoms with van der Waals surface area (Å²) in [4.78, 5) is 17.0. The Kier molecular flexibility index (Phi) is 5.54. The van der Waals surface area contributed by atoms with Crippen LogP contribution in [0.25, 0.3) is 0 Å². The van der Waals surface area contributed by atoms with Gasteiger partial charge in [-0.3, -0.25) is 9.69 Å². The van der Waals surface area contributed by atoms with Crippen molar-refractivity contribution >= 4 is 23.1 Å². The van der Waals surface area contributed by atoms with Gasteiger partial charge in [0.15, 0.2) is 0 Å². The molecule has 1 saturated heterocycles. The smallest absolute Gasteiger partial charge is 0.225 e. The molecule has 2 rings (SSSR count). The van der Waals surface area contributed by atoms with Gasteiger partial charge in [-0.25, -0.2) is 0 Å². The van der Waals surface area contributed by atoms with E-state index in [-0.39, 0.29) is 11.8 Å². The molecule has 108 valence electrons. The second-order valence-electron chi connectivity index (χ2n) is 5.27. The number of nitrogens with two attached hydrogens (primary N) is 1. The second kappa shape index (κ2) is 7.17. The second-order valence-corrected chi connectivity index (χ2v) is 5.79. The highest BCUT2D eigenvalue weighted by Gasteiger charge is 2.33. The number of ether oxygens (including phenoxy) is 1. The Morgan fingerprint density at radius 3 is 2.58 bits per heavy atom. The highest BCUT2D eigenvalue weighted by Crippen LogP contribution is 2.31. The average molecular weight is 285 g/mol. The quantitative estimate of drug-likeness (QED) is 0.679. The first-order chi connectivity index (χ1) is 9.16. The first kappa shape index (κ1) is 14.7. The van der Waals surface area contributed by atoms with Crippen molar-refractivity contribution in [3.63, 3.8) is 0 Å². The van der Waals surface area contributed by atoms with E-state index in [0.29, 0.717) is 18.0 Å². The van der Waals surface area contributed by atoms with Gasteiger partial charge < -0.3 is 15.4 Å². The van der Waals surface area contributed by atoms with Gasteiger partial charge in [-0.1, -0.05) is 12.2 Å². The third-order valence-corrected chi connectivity index (χ3v) is 3.86. The van der Waals surface area contributed by atoms with Crippen molar-refractivity contribution in [3.05, 3.63) is 0 Å². The molecule has 2 N–H and O–H groups in total. The molecule has 1 aliphatic heterocycles. The summed E-state index contributed by atoms with van der Waals surface area (Å²) in [5.41, 5.74) is 5.54. The molecule has 1 heterocycles. The van der Waals surface area contributed by atoms with E-state index >= 15 is 0 Å². The lowest BCUT2D eigenvalue weighted by Crippen LogP contribution is -2.44. The molecule has 2 aliphatic rings. The average Bonchev–Trinajstić information content (AvgIpc) is 3.23. The number of rotatable bonds is 7. The number of nitrogens with zero attached hydrogens (tertiary/aromatic N) is 2. The standard InChI is InChI=1S/C13H23N3O2S/c14-12(19)3-4-16(13(17)11-1-2-11)6-5-15-7-9-18-10-8-15/h11H,1-10H2,(H2,14,19). The maximum atomic E-state index is 12.2. The molecule has 0 spiro atoms. The van der Waals surface area contributed by atoms with E-state index in [4.69, 9.17) is 22.7 Å². The van der Waals surface area contributed by atoms with E-state index in [9.17, 15) is 4.79 Å². The molecule has 19 heavy (non-hydrogen) atoms. The van der Waals surface area contributed by atoms with E-state index in [0.717, 1.165) is 52.2 Å². The van der Waals surface area contributed by atoms with Gasteiger partial charge >= 0.3 is 0 Å². The molecule has 0 unspecified atom stereocenters. The van der Waals surface area contributed by atoms with Gasteiger partial charge in [0.05, 0.1) is 18.2 Å². The van der Waals surface area contributed by atoms with Crippen molar-refractivity contribution in [2.24, 2.45) is 11.7 Å². The molecule has 0 aromatic heterocycles. The van der Waals surface area contributed by atoms with Gasteiger partial charge in [0, 0.05) is 45.1 Å². The first-order valence-electron chi connectivity index (χ1n) is 7.04. The topological polar surface area (TPSA) is 58.8 Å². The lowest BCUT2D eigenvalue weighted by molar-refractivity contribution is -0.132. The predicted molar refractivity (Wildman–Crippen MR) is 78.0 cm³/mol. The molecular weight excluding hydrogens is 262 g/mol. The Morgan fingerprint density at radius 1 is 1.32 bits per heavy atom. The summed E-state index contributed by atoms with van der Waals surface area (Å²) in [5.74, 6) is 0.542. The maximum absolute atomic E-state index is 12.2. The van der Waals surface area contributed by atoms with Crippen LogP contribution in [0.3, 0.4) is 0 Å². The molecule has 2 fully saturated rings. The molecule has 0 atom stereocenters. The molecule has 0 aromatic rings. The number of hydrogen-bond acceptors (Lipinski definition) is 4. The largest absolute Gasteiger partial charge is 0.393 e. The molecule has 0 bridgehead atoms. The molecule has 6 heteroatoms. The summed E-state index contributed by atoms with van der Waals surface area (Å²) in [6.45, 7) is 5.86. The van der Waals surface area contributed by atoms with Crippen molar-refractivity contribution in [2.45, 2.75) is 19.3 Å². The van der Waals surface area contributed by atoms with Crippen LogP contribution in [-0.4, -0.2) is 66.6 Å². The van der Waals surface area contributed by atoms with E-state index in [2.05, 4.69) is 4.90 Å². The van der Waals surface area contributed by atoms with Gasteiger partial charge in [0.1, 0.15) is 0 Å². The third-order valence-electron chi connectivity index (χ3n) is 3.66. The Labute approximate surface area is 120 Å². The Balaban J connectivity index is 1.77. The number of carbonyl (C=O) groups excluding carboxylic acids is 1. The zero-order chi connectivity index (χ0) is 13.7. The van der Waals surface area contributed by atoms with Crippen molar-refractivity contribution in [3.8, 4) is 0 Å². The van der Waals surface area contributed by atoms with E-state index in [1.54, 1.807) is 0 Å². The third kappa shape index (κ3) is 5.04. The van der Waals surface area contributed by atoms with Crippen LogP contribution in [0.1, 0.15) is 19.3 Å². The van der Waals surface area contributed by atoms with Crippen LogP contribution >= 0.6 is 12.2 Å². The van der Waals surface area contributed by atoms with Gasteiger partial charge in [0.25, 0.3) is 0 Å². The SMILES string of the molecule is NC(=S)CCN(CCN1CCOCC1)C(=O)C1CC1. The Hall–Kier alpha value is -0.720. The van der Waals surface area contributed by atoms with Gasteiger partial charge in [-0.2, -0.15) is 0 Å². The van der Waals surface area contributed by atoms with Crippen molar-refractivity contribution in [1.82, 2.24) is 9.80 Å². The minimum absolute atomic E-state index is 0.260. The van der Waals surface area contributed by atoms with Crippen LogP contribution in [0.15, 0.2) is 0 Å². The minimum Gasteiger partial charge on any atom is -0.393 e. The number of amides is 1. The summed E-state index contributed by atoms with van der Waals surface area (Å²) < 4.78 is 5.33. The normalized spacial score (nSPS) is 20.2. The first-order valence-corrected chi connectivity index (χ1v) is 7.45. The van der Waals surface area contributed by atoms with Crippen LogP contribution < -0.4 is 5.73 Å². The van der Waals surface area contributed by atoms with Crippen molar-refractivity contribution in [1.29, 1.82) is 0 Å². The maximum Gasteiger partial charge on any atom is 0.225 e. The fraction of sp³-hybridized carbons (Fsp3) is 0.846. The number of carbonyl (C=O) groups is 1. The molecule has 0 aromatic carbocycles. The minimum atomic E-state index is 0.260. The summed E-state index contributed by atoms with van der Waals surface area (Å²) in [6, 6.07) is 0. The summed E-state index contributed by atoms with van der Waals surface area (Å²) in [7, 11) is 0. The van der Waals surface area contributed by atoms with E-state index in [1.165, 1.54) is 0 Å². The summed E-state index contributed by atoms with van der Waals surface area (Å²) in [5, 5.41) is 0. The highest BCUT2D eigenvalue weighted by atomic mass is 32.1. The van der Waals surface area contributed by atoms with Crippen LogP contribution in [0.4, 0.5) is 0 Å². The number of hydrogen-bond donors (Lipinski definition) is 1. The fourth-order valence-corrected chi connectivity index (χ4v) is 2.34. The number of thiocarbonyl (C=S) groups is 1. The molecule has 1 aliphatic carbocycles. The molecule has 1 amide bonds. The number of morpholine rings is 1. The lowest BCUT2D eigenvalue weighted by atomic mass is 10.3. The molecule has 0 radical (unpaired) electrons. The molecular formula is C13H23N3O2S. The Morgan fingerprint density at radius 2 is 2.00 bits per heavy atom. The van der Waals surface area contributed by atoms with Crippen LogP contribution in [-0.2, 0) is 9.53 Å². The zero-order valence-corrected chi connectivity index (χ0v) is 12.2. The van der Waals surface area contributed by atoms with Crippen molar-refractivity contribution in [2.75, 3.05) is 45.9 Å². The monoisotopic (exact) mass is 285 g/mol. The van der Waals surface area contributed by atoms with Crippen LogP contribution in [0.5, 0.6) is 0 Å². The van der Waals surface area contributed by atoms with Gasteiger partial charge in [0.2, 0.25) is 5.91 Å².